The number of hydrogen-bond donors (Lipinski definition) is 1. The van der Waals surface area contributed by atoms with Crippen LogP contribution in [-0.2, 0) is 17.8 Å². The summed E-state index contributed by atoms with van der Waals surface area (Å²) in [4.78, 5) is 10.8. The van der Waals surface area contributed by atoms with Gasteiger partial charge in [0.25, 0.3) is 0 Å². The van der Waals surface area contributed by atoms with Gasteiger partial charge in [0.2, 0.25) is 0 Å². The Hall–Kier alpha value is -1.77. The van der Waals surface area contributed by atoms with E-state index in [1.54, 1.807) is 0 Å². The third-order valence-electron chi connectivity index (χ3n) is 4.09. The van der Waals surface area contributed by atoms with Crippen LogP contribution >= 0.6 is 0 Å². The molecule has 20 heavy (non-hydrogen) atoms. The summed E-state index contributed by atoms with van der Waals surface area (Å²) in [6.45, 7) is 5.47. The van der Waals surface area contributed by atoms with Gasteiger partial charge in [-0.3, -0.25) is 4.79 Å². The fourth-order valence-corrected chi connectivity index (χ4v) is 2.74. The van der Waals surface area contributed by atoms with E-state index in [1.807, 2.05) is 12.1 Å². The van der Waals surface area contributed by atoms with Gasteiger partial charge in [-0.25, -0.2) is 0 Å². The van der Waals surface area contributed by atoms with Crippen LogP contribution in [0.25, 0.3) is 10.9 Å². The molecule has 0 aliphatic carbocycles. The summed E-state index contributed by atoms with van der Waals surface area (Å²) in [5.74, 6) is -0.0556. The number of aryl methyl sites for hydroxylation is 1. The second-order valence-corrected chi connectivity index (χ2v) is 5.40. The molecule has 2 aromatic rings. The monoisotopic (exact) mass is 273 g/mol. The number of carboxylic acid groups (broad SMARTS) is 1. The standard InChI is InChI=1S/C17H23NO2/c1-3-13(4-2)11-18-12-14(9-10-17(19)20)15-7-5-6-8-16(15)18/h5-8,12-13H,3-4,9-11H2,1-2H3,(H,19,20). The molecule has 0 aliphatic heterocycles. The van der Waals surface area contributed by atoms with Crippen molar-refractivity contribution in [3.63, 3.8) is 0 Å². The Kier molecular flexibility index (Phi) is 4.83. The van der Waals surface area contributed by atoms with Crippen molar-refractivity contribution in [2.24, 2.45) is 5.92 Å². The quantitative estimate of drug-likeness (QED) is 0.825. The van der Waals surface area contributed by atoms with Gasteiger partial charge in [0.1, 0.15) is 0 Å². The molecule has 0 fully saturated rings. The first-order chi connectivity index (χ1) is 9.65. The number of benzene rings is 1. The molecule has 2 rings (SSSR count). The Labute approximate surface area is 120 Å². The number of hydrogen-bond acceptors (Lipinski definition) is 1. The second kappa shape index (κ2) is 6.60. The minimum Gasteiger partial charge on any atom is -0.481 e. The van der Waals surface area contributed by atoms with Crippen molar-refractivity contribution in [2.45, 2.75) is 46.1 Å². The van der Waals surface area contributed by atoms with Gasteiger partial charge >= 0.3 is 5.97 Å². The molecular weight excluding hydrogens is 250 g/mol. The maximum absolute atomic E-state index is 10.8. The number of aliphatic carboxylic acids is 1. The molecule has 3 heteroatoms. The van der Waals surface area contributed by atoms with E-state index in [4.69, 9.17) is 5.11 Å². The van der Waals surface area contributed by atoms with Crippen molar-refractivity contribution in [1.82, 2.24) is 4.57 Å². The molecule has 0 radical (unpaired) electrons. The van der Waals surface area contributed by atoms with Crippen molar-refractivity contribution in [3.05, 3.63) is 36.0 Å². The van der Waals surface area contributed by atoms with Gasteiger partial charge in [0.05, 0.1) is 0 Å². The molecule has 1 aromatic carbocycles. The molecule has 0 amide bonds. The number of aromatic nitrogens is 1. The average molecular weight is 273 g/mol. The molecule has 0 saturated heterocycles. The molecule has 0 saturated carbocycles. The van der Waals surface area contributed by atoms with Crippen LogP contribution < -0.4 is 0 Å². The summed E-state index contributed by atoms with van der Waals surface area (Å²) in [7, 11) is 0. The van der Waals surface area contributed by atoms with E-state index in [0.717, 1.165) is 12.1 Å². The average Bonchev–Trinajstić information content (AvgIpc) is 2.81. The predicted molar refractivity (Wildman–Crippen MR) is 82.0 cm³/mol. The van der Waals surface area contributed by atoms with Gasteiger partial charge in [-0.2, -0.15) is 0 Å². The van der Waals surface area contributed by atoms with Gasteiger partial charge < -0.3 is 9.67 Å². The number of carboxylic acids is 1. The lowest BCUT2D eigenvalue weighted by Gasteiger charge is -2.14. The molecule has 1 N–H and O–H groups in total. The number of carbonyl (C=O) groups is 1. The van der Waals surface area contributed by atoms with Crippen LogP contribution in [0.3, 0.4) is 0 Å². The minimum atomic E-state index is -0.734. The topological polar surface area (TPSA) is 42.2 Å². The highest BCUT2D eigenvalue weighted by Crippen LogP contribution is 2.24. The Bertz CT molecular complexity index is 582. The fraction of sp³-hybridized carbons (Fsp3) is 0.471. The number of fused-ring (bicyclic) bond motifs is 1. The lowest BCUT2D eigenvalue weighted by atomic mass is 10.0. The zero-order valence-electron chi connectivity index (χ0n) is 12.3. The van der Waals surface area contributed by atoms with Crippen molar-refractivity contribution < 1.29 is 9.90 Å². The molecule has 0 unspecified atom stereocenters. The lowest BCUT2D eigenvalue weighted by Crippen LogP contribution is -2.08. The molecule has 0 bridgehead atoms. The first-order valence-electron chi connectivity index (χ1n) is 7.44. The van der Waals surface area contributed by atoms with Crippen LogP contribution in [0.5, 0.6) is 0 Å². The summed E-state index contributed by atoms with van der Waals surface area (Å²) >= 11 is 0. The summed E-state index contributed by atoms with van der Waals surface area (Å²) in [6.07, 6.45) is 5.29. The van der Waals surface area contributed by atoms with Crippen molar-refractivity contribution in [1.29, 1.82) is 0 Å². The Morgan fingerprint density at radius 2 is 1.95 bits per heavy atom. The molecular formula is C17H23NO2. The summed E-state index contributed by atoms with van der Waals surface area (Å²) < 4.78 is 2.30. The van der Waals surface area contributed by atoms with E-state index < -0.39 is 5.97 Å². The SMILES string of the molecule is CCC(CC)Cn1cc(CCC(=O)O)c2ccccc21. The lowest BCUT2D eigenvalue weighted by molar-refractivity contribution is -0.136. The van der Waals surface area contributed by atoms with E-state index in [-0.39, 0.29) is 6.42 Å². The van der Waals surface area contributed by atoms with E-state index >= 15 is 0 Å². The Morgan fingerprint density at radius 1 is 1.25 bits per heavy atom. The highest BCUT2D eigenvalue weighted by molar-refractivity contribution is 5.84. The maximum Gasteiger partial charge on any atom is 0.303 e. The number of para-hydroxylation sites is 1. The fourth-order valence-electron chi connectivity index (χ4n) is 2.74. The molecule has 0 aliphatic rings. The van der Waals surface area contributed by atoms with Crippen LogP contribution in [0.15, 0.2) is 30.5 Å². The van der Waals surface area contributed by atoms with Crippen LogP contribution in [0, 0.1) is 5.92 Å². The van der Waals surface area contributed by atoms with Crippen LogP contribution in [0.4, 0.5) is 0 Å². The number of nitrogens with zero attached hydrogens (tertiary/aromatic N) is 1. The Balaban J connectivity index is 2.32. The first kappa shape index (κ1) is 14.6. The predicted octanol–water partition coefficient (Wildman–Crippen LogP) is 4.09. The van der Waals surface area contributed by atoms with Gasteiger partial charge in [-0.05, 0) is 24.0 Å². The molecule has 0 atom stereocenters. The first-order valence-corrected chi connectivity index (χ1v) is 7.44. The smallest absolute Gasteiger partial charge is 0.303 e. The van der Waals surface area contributed by atoms with Gasteiger partial charge in [-0.15, -0.1) is 0 Å². The van der Waals surface area contributed by atoms with Crippen molar-refractivity contribution >= 4 is 16.9 Å². The van der Waals surface area contributed by atoms with Gasteiger partial charge in [0, 0.05) is 30.1 Å². The molecule has 3 nitrogen and oxygen atoms in total. The highest BCUT2D eigenvalue weighted by atomic mass is 16.4. The normalized spacial score (nSPS) is 11.3. The zero-order chi connectivity index (χ0) is 14.5. The van der Waals surface area contributed by atoms with Crippen molar-refractivity contribution in [2.75, 3.05) is 0 Å². The molecule has 108 valence electrons. The molecule has 1 heterocycles. The number of rotatable bonds is 7. The van der Waals surface area contributed by atoms with Gasteiger partial charge in [0.15, 0.2) is 0 Å². The summed E-state index contributed by atoms with van der Waals surface area (Å²) in [6, 6.07) is 8.29. The van der Waals surface area contributed by atoms with E-state index in [0.29, 0.717) is 12.3 Å². The van der Waals surface area contributed by atoms with E-state index in [2.05, 4.69) is 36.7 Å². The van der Waals surface area contributed by atoms with Crippen LogP contribution in [-0.4, -0.2) is 15.6 Å². The third-order valence-corrected chi connectivity index (χ3v) is 4.09. The van der Waals surface area contributed by atoms with Crippen molar-refractivity contribution in [3.8, 4) is 0 Å². The second-order valence-electron chi connectivity index (χ2n) is 5.40. The zero-order valence-corrected chi connectivity index (χ0v) is 12.3. The highest BCUT2D eigenvalue weighted by Gasteiger charge is 2.12. The summed E-state index contributed by atoms with van der Waals surface area (Å²) in [5, 5.41) is 10.1. The van der Waals surface area contributed by atoms with E-state index in [9.17, 15) is 4.79 Å². The third kappa shape index (κ3) is 3.21. The minimum absolute atomic E-state index is 0.193. The molecule has 0 spiro atoms. The van der Waals surface area contributed by atoms with Crippen LogP contribution in [0.2, 0.25) is 0 Å². The largest absolute Gasteiger partial charge is 0.481 e. The van der Waals surface area contributed by atoms with Gasteiger partial charge in [-0.1, -0.05) is 44.9 Å². The van der Waals surface area contributed by atoms with E-state index in [1.165, 1.54) is 23.7 Å². The van der Waals surface area contributed by atoms with Crippen LogP contribution in [0.1, 0.15) is 38.7 Å². The Morgan fingerprint density at radius 3 is 2.60 bits per heavy atom. The molecule has 1 aromatic heterocycles. The maximum atomic E-state index is 10.8. The summed E-state index contributed by atoms with van der Waals surface area (Å²) in [5.41, 5.74) is 2.37.